The highest BCUT2D eigenvalue weighted by Crippen LogP contribution is 2.49. The maximum atomic E-state index is 13.1. The molecule has 2 aromatic rings. The summed E-state index contributed by atoms with van der Waals surface area (Å²) in [6.45, 7) is 3.11. The molecule has 3 unspecified atom stereocenters. The van der Waals surface area contributed by atoms with Crippen molar-refractivity contribution in [3.8, 4) is 0 Å². The Balaban J connectivity index is 1.78. The molecule has 118 valence electrons. The first kappa shape index (κ1) is 15.5. The van der Waals surface area contributed by atoms with Gasteiger partial charge >= 0.3 is 0 Å². The monoisotopic (exact) mass is 321 g/mol. The van der Waals surface area contributed by atoms with Gasteiger partial charge in [-0.3, -0.25) is 4.68 Å². The fourth-order valence-corrected chi connectivity index (χ4v) is 4.03. The minimum absolute atomic E-state index is 0.123. The molecule has 3 nitrogen and oxygen atoms in total. The Hall–Kier alpha value is -1.42. The van der Waals surface area contributed by atoms with Gasteiger partial charge in [0.25, 0.3) is 0 Å². The number of aromatic nitrogens is 3. The van der Waals surface area contributed by atoms with E-state index in [1.54, 1.807) is 12.7 Å². The second kappa shape index (κ2) is 6.37. The summed E-state index contributed by atoms with van der Waals surface area (Å²) in [5.41, 5.74) is 1.31. The van der Waals surface area contributed by atoms with Crippen molar-refractivity contribution in [2.45, 2.75) is 32.7 Å². The zero-order chi connectivity index (χ0) is 15.6. The van der Waals surface area contributed by atoms with Crippen molar-refractivity contribution >= 4 is 11.6 Å². The van der Waals surface area contributed by atoms with Crippen LogP contribution in [0, 0.1) is 23.1 Å². The average Bonchev–Trinajstić information content (AvgIpc) is 3.13. The molecule has 0 spiro atoms. The van der Waals surface area contributed by atoms with Gasteiger partial charge in [0.2, 0.25) is 0 Å². The van der Waals surface area contributed by atoms with Crippen molar-refractivity contribution in [1.82, 2.24) is 14.8 Å². The maximum absolute atomic E-state index is 13.1. The number of benzene rings is 1. The molecule has 1 aliphatic rings. The van der Waals surface area contributed by atoms with E-state index in [1.807, 2.05) is 16.8 Å². The molecule has 3 rings (SSSR count). The van der Waals surface area contributed by atoms with Crippen molar-refractivity contribution in [2.75, 3.05) is 5.88 Å². The fourth-order valence-electron chi connectivity index (χ4n) is 3.70. The number of nitrogens with zero attached hydrogens (tertiary/aromatic N) is 3. The molecular formula is C17H21ClFN3. The van der Waals surface area contributed by atoms with Crippen LogP contribution in [-0.2, 0) is 13.0 Å². The van der Waals surface area contributed by atoms with Crippen LogP contribution in [0.5, 0.6) is 0 Å². The summed E-state index contributed by atoms with van der Waals surface area (Å²) in [5.74, 6) is 1.47. The van der Waals surface area contributed by atoms with Gasteiger partial charge in [-0.1, -0.05) is 19.1 Å². The lowest BCUT2D eigenvalue weighted by Gasteiger charge is -2.32. The normalized spacial score (nSPS) is 28.1. The molecule has 0 N–H and O–H groups in total. The molecule has 1 heterocycles. The van der Waals surface area contributed by atoms with Gasteiger partial charge in [-0.25, -0.2) is 9.37 Å². The van der Waals surface area contributed by atoms with Gasteiger partial charge in [0.1, 0.15) is 18.5 Å². The summed E-state index contributed by atoms with van der Waals surface area (Å²) in [6, 6.07) is 6.85. The second-order valence-electron chi connectivity index (χ2n) is 6.64. The average molecular weight is 322 g/mol. The SMILES string of the molecule is CC1(CCl)CCC(Cc2ccc(F)cc2)C1Cn1cncn1. The van der Waals surface area contributed by atoms with Gasteiger partial charge in [0.05, 0.1) is 0 Å². The standard InChI is InChI=1S/C17H21ClFN3/c1-17(10-18)7-6-14(8-13-2-4-15(19)5-3-13)16(17)9-22-12-20-11-21-22/h2-5,11-12,14,16H,6-10H2,1H3. The number of hydrogen-bond donors (Lipinski definition) is 0. The third kappa shape index (κ3) is 3.17. The topological polar surface area (TPSA) is 30.7 Å². The summed E-state index contributed by atoms with van der Waals surface area (Å²) in [6.07, 6.45) is 6.58. The van der Waals surface area contributed by atoms with E-state index < -0.39 is 0 Å². The molecule has 3 atom stereocenters. The van der Waals surface area contributed by atoms with Crippen LogP contribution in [0.25, 0.3) is 0 Å². The zero-order valence-electron chi connectivity index (χ0n) is 12.8. The van der Waals surface area contributed by atoms with Gasteiger partial charge in [-0.05, 0) is 54.2 Å². The van der Waals surface area contributed by atoms with Gasteiger partial charge in [-0.2, -0.15) is 5.10 Å². The maximum Gasteiger partial charge on any atom is 0.137 e. The quantitative estimate of drug-likeness (QED) is 0.781. The molecule has 0 aliphatic heterocycles. The third-order valence-electron chi connectivity index (χ3n) is 5.12. The highest BCUT2D eigenvalue weighted by molar-refractivity contribution is 6.18. The Bertz CT molecular complexity index is 599. The molecule has 1 aromatic heterocycles. The number of hydrogen-bond acceptors (Lipinski definition) is 2. The summed E-state index contributed by atoms with van der Waals surface area (Å²) >= 11 is 6.28. The predicted molar refractivity (Wildman–Crippen MR) is 85.2 cm³/mol. The Labute approximate surface area is 135 Å². The van der Waals surface area contributed by atoms with E-state index in [0.29, 0.717) is 17.7 Å². The van der Waals surface area contributed by atoms with E-state index in [4.69, 9.17) is 11.6 Å². The van der Waals surface area contributed by atoms with Crippen molar-refractivity contribution in [1.29, 1.82) is 0 Å². The predicted octanol–water partition coefficient (Wildman–Crippen LogP) is 3.93. The number of alkyl halides is 1. The second-order valence-corrected chi connectivity index (χ2v) is 6.91. The van der Waals surface area contributed by atoms with Crippen LogP contribution in [0.1, 0.15) is 25.3 Å². The first-order valence-corrected chi connectivity index (χ1v) is 8.27. The smallest absolute Gasteiger partial charge is 0.137 e. The molecule has 0 saturated heterocycles. The van der Waals surface area contributed by atoms with E-state index in [9.17, 15) is 4.39 Å². The molecule has 1 aromatic carbocycles. The zero-order valence-corrected chi connectivity index (χ0v) is 13.5. The Morgan fingerprint density at radius 1 is 1.36 bits per heavy atom. The molecule has 22 heavy (non-hydrogen) atoms. The lowest BCUT2D eigenvalue weighted by molar-refractivity contribution is 0.186. The van der Waals surface area contributed by atoms with Crippen LogP contribution in [-0.4, -0.2) is 20.6 Å². The molecule has 0 amide bonds. The first-order valence-electron chi connectivity index (χ1n) is 7.73. The van der Waals surface area contributed by atoms with E-state index in [0.717, 1.165) is 25.8 Å². The number of rotatable bonds is 5. The molecule has 0 bridgehead atoms. The largest absolute Gasteiger partial charge is 0.253 e. The van der Waals surface area contributed by atoms with Crippen LogP contribution >= 0.6 is 11.6 Å². The lowest BCUT2D eigenvalue weighted by Crippen LogP contribution is -2.32. The van der Waals surface area contributed by atoms with Crippen LogP contribution in [0.4, 0.5) is 4.39 Å². The van der Waals surface area contributed by atoms with Gasteiger partial charge in [0.15, 0.2) is 0 Å². The van der Waals surface area contributed by atoms with E-state index in [2.05, 4.69) is 17.0 Å². The van der Waals surface area contributed by atoms with E-state index in [1.165, 1.54) is 17.7 Å². The fraction of sp³-hybridized carbons (Fsp3) is 0.529. The summed E-state index contributed by atoms with van der Waals surface area (Å²) in [5, 5.41) is 4.25. The highest BCUT2D eigenvalue weighted by Gasteiger charge is 2.44. The number of halogens is 2. The molecule has 5 heteroatoms. The van der Waals surface area contributed by atoms with Gasteiger partial charge in [-0.15, -0.1) is 11.6 Å². The van der Waals surface area contributed by atoms with Crippen molar-refractivity contribution in [2.24, 2.45) is 17.3 Å². The Morgan fingerprint density at radius 2 is 2.14 bits per heavy atom. The first-order chi connectivity index (χ1) is 10.6. The Kier molecular flexibility index (Phi) is 4.48. The Morgan fingerprint density at radius 3 is 2.77 bits per heavy atom. The van der Waals surface area contributed by atoms with Crippen LogP contribution in [0.15, 0.2) is 36.9 Å². The summed E-state index contributed by atoms with van der Waals surface area (Å²) in [4.78, 5) is 4.03. The van der Waals surface area contributed by atoms with Crippen LogP contribution in [0.3, 0.4) is 0 Å². The molecule has 1 saturated carbocycles. The van der Waals surface area contributed by atoms with E-state index >= 15 is 0 Å². The van der Waals surface area contributed by atoms with Crippen molar-refractivity contribution in [3.63, 3.8) is 0 Å². The lowest BCUT2D eigenvalue weighted by atomic mass is 9.77. The third-order valence-corrected chi connectivity index (χ3v) is 5.73. The van der Waals surface area contributed by atoms with Gasteiger partial charge < -0.3 is 0 Å². The summed E-state index contributed by atoms with van der Waals surface area (Å²) < 4.78 is 15.0. The highest BCUT2D eigenvalue weighted by atomic mass is 35.5. The van der Waals surface area contributed by atoms with Crippen LogP contribution < -0.4 is 0 Å². The minimum Gasteiger partial charge on any atom is -0.253 e. The van der Waals surface area contributed by atoms with E-state index in [-0.39, 0.29) is 11.2 Å². The molecule has 0 radical (unpaired) electrons. The molecule has 1 fully saturated rings. The van der Waals surface area contributed by atoms with Gasteiger partial charge in [0, 0.05) is 12.4 Å². The van der Waals surface area contributed by atoms with Crippen molar-refractivity contribution < 1.29 is 4.39 Å². The summed E-state index contributed by atoms with van der Waals surface area (Å²) in [7, 11) is 0. The molecule has 1 aliphatic carbocycles. The van der Waals surface area contributed by atoms with Crippen LogP contribution in [0.2, 0.25) is 0 Å². The molecular weight excluding hydrogens is 301 g/mol. The van der Waals surface area contributed by atoms with Crippen molar-refractivity contribution in [3.05, 3.63) is 48.3 Å². The minimum atomic E-state index is -0.181.